The van der Waals surface area contributed by atoms with Crippen LogP contribution in [0.25, 0.3) is 0 Å². The average molecular weight is 402 g/mol. The van der Waals surface area contributed by atoms with E-state index in [-0.39, 0.29) is 17.0 Å². The summed E-state index contributed by atoms with van der Waals surface area (Å²) in [5.74, 6) is -0.0317. The van der Waals surface area contributed by atoms with Crippen LogP contribution in [-0.2, 0) is 14.3 Å². The molecule has 1 aromatic rings. The topological polar surface area (TPSA) is 88.7 Å². The van der Waals surface area contributed by atoms with Crippen molar-refractivity contribution in [1.82, 2.24) is 16.2 Å². The molecule has 3 N–H and O–H groups in total. The fourth-order valence-electron chi connectivity index (χ4n) is 2.11. The molecule has 9 heteroatoms. The van der Waals surface area contributed by atoms with Crippen LogP contribution in [0.3, 0.4) is 0 Å². The van der Waals surface area contributed by atoms with Crippen molar-refractivity contribution in [3.05, 3.63) is 28.3 Å². The normalized spacial score (nSPS) is 11.3. The van der Waals surface area contributed by atoms with Crippen LogP contribution >= 0.6 is 23.8 Å². The predicted molar refractivity (Wildman–Crippen MR) is 104 cm³/mol. The largest absolute Gasteiger partial charge is 0.480 e. The van der Waals surface area contributed by atoms with Crippen LogP contribution in [0.15, 0.2) is 12.1 Å². The molecule has 0 aromatic heterocycles. The zero-order valence-corrected chi connectivity index (χ0v) is 16.8. The van der Waals surface area contributed by atoms with E-state index in [9.17, 15) is 9.59 Å². The number of aryl methyl sites for hydroxylation is 2. The van der Waals surface area contributed by atoms with Crippen LogP contribution in [-0.4, -0.2) is 36.7 Å². The lowest BCUT2D eigenvalue weighted by Crippen LogP contribution is -2.50. The summed E-state index contributed by atoms with van der Waals surface area (Å²) in [5, 5.41) is 3.74. The SMILES string of the molecule is COC(=O)CCCNC(=S)NNC(=O)[C@H](C)Oc1c(C)cc(Cl)cc1C. The van der Waals surface area contributed by atoms with Crippen molar-refractivity contribution in [2.45, 2.75) is 39.7 Å². The Morgan fingerprint density at radius 1 is 1.23 bits per heavy atom. The predicted octanol–water partition coefficient (Wildman–Crippen LogP) is 2.17. The Bertz CT molecular complexity index is 646. The van der Waals surface area contributed by atoms with Gasteiger partial charge in [-0.15, -0.1) is 0 Å². The van der Waals surface area contributed by atoms with E-state index >= 15 is 0 Å². The number of halogens is 1. The first-order chi connectivity index (χ1) is 12.2. The molecule has 7 nitrogen and oxygen atoms in total. The van der Waals surface area contributed by atoms with E-state index in [1.807, 2.05) is 13.8 Å². The summed E-state index contributed by atoms with van der Waals surface area (Å²) < 4.78 is 10.3. The van der Waals surface area contributed by atoms with Gasteiger partial charge >= 0.3 is 5.97 Å². The first-order valence-electron chi connectivity index (χ1n) is 8.08. The standard InChI is InChI=1S/C17H24ClN3O4S/c1-10-8-13(18)9-11(2)15(10)25-12(3)16(23)20-21-17(26)19-7-5-6-14(22)24-4/h8-9,12H,5-7H2,1-4H3,(H,20,23)(H2,19,21,26)/t12-/m0/s1. The lowest BCUT2D eigenvalue weighted by atomic mass is 10.1. The number of carbonyl (C=O) groups is 2. The van der Waals surface area contributed by atoms with Crippen LogP contribution in [0.4, 0.5) is 0 Å². The number of amides is 1. The number of benzene rings is 1. The van der Waals surface area contributed by atoms with E-state index in [4.69, 9.17) is 28.6 Å². The minimum Gasteiger partial charge on any atom is -0.480 e. The quantitative estimate of drug-likeness (QED) is 0.279. The number of hydrogen-bond donors (Lipinski definition) is 3. The summed E-state index contributed by atoms with van der Waals surface area (Å²) in [5.41, 5.74) is 6.78. The van der Waals surface area contributed by atoms with Crippen LogP contribution in [0, 0.1) is 13.8 Å². The van der Waals surface area contributed by atoms with Crippen molar-refractivity contribution in [3.63, 3.8) is 0 Å². The molecule has 1 rings (SSSR count). The average Bonchev–Trinajstić information content (AvgIpc) is 2.59. The van der Waals surface area contributed by atoms with Gasteiger partial charge in [-0.05, 0) is 62.7 Å². The van der Waals surface area contributed by atoms with Crippen molar-refractivity contribution in [3.8, 4) is 5.75 Å². The van der Waals surface area contributed by atoms with Gasteiger partial charge in [-0.3, -0.25) is 20.4 Å². The number of methoxy groups -OCH3 is 1. The second kappa shape index (κ2) is 10.8. The number of hydrogen-bond acceptors (Lipinski definition) is 5. The first kappa shape index (κ1) is 22.0. The van der Waals surface area contributed by atoms with E-state index in [2.05, 4.69) is 20.9 Å². The second-order valence-corrected chi connectivity index (χ2v) is 6.52. The van der Waals surface area contributed by atoms with Crippen molar-refractivity contribution < 1.29 is 19.1 Å². The number of rotatable bonds is 7. The van der Waals surface area contributed by atoms with Crippen molar-refractivity contribution in [2.24, 2.45) is 0 Å². The molecule has 0 spiro atoms. The summed E-state index contributed by atoms with van der Waals surface area (Å²) in [6.45, 7) is 5.85. The van der Waals surface area contributed by atoms with E-state index in [1.54, 1.807) is 19.1 Å². The third-order valence-electron chi connectivity index (χ3n) is 3.46. The van der Waals surface area contributed by atoms with E-state index in [0.717, 1.165) is 11.1 Å². The Labute approximate surface area is 163 Å². The molecule has 1 atom stereocenters. The van der Waals surface area contributed by atoms with Gasteiger partial charge in [-0.2, -0.15) is 0 Å². The number of esters is 1. The van der Waals surface area contributed by atoms with Gasteiger partial charge in [0.25, 0.3) is 5.91 Å². The van der Waals surface area contributed by atoms with Gasteiger partial charge in [-0.25, -0.2) is 0 Å². The third-order valence-corrected chi connectivity index (χ3v) is 3.92. The van der Waals surface area contributed by atoms with Crippen LogP contribution in [0.5, 0.6) is 5.75 Å². The Balaban J connectivity index is 2.39. The fourth-order valence-corrected chi connectivity index (χ4v) is 2.59. The highest BCUT2D eigenvalue weighted by molar-refractivity contribution is 7.80. The van der Waals surface area contributed by atoms with Crippen LogP contribution < -0.4 is 20.9 Å². The minimum atomic E-state index is -0.733. The molecule has 0 aliphatic carbocycles. The molecular weight excluding hydrogens is 378 g/mol. The highest BCUT2D eigenvalue weighted by Gasteiger charge is 2.17. The summed E-state index contributed by atoms with van der Waals surface area (Å²) >= 11 is 11.0. The minimum absolute atomic E-state index is 0.245. The Kier molecular flexibility index (Phi) is 9.15. The van der Waals surface area contributed by atoms with Crippen molar-refractivity contribution in [2.75, 3.05) is 13.7 Å². The molecule has 0 saturated carbocycles. The number of ether oxygens (including phenoxy) is 2. The highest BCUT2D eigenvalue weighted by atomic mass is 35.5. The van der Waals surface area contributed by atoms with Gasteiger partial charge in [0, 0.05) is 18.0 Å². The molecule has 0 saturated heterocycles. The molecular formula is C17H24ClN3O4S. The molecule has 144 valence electrons. The van der Waals surface area contributed by atoms with Gasteiger partial charge in [0.1, 0.15) is 5.75 Å². The molecule has 26 heavy (non-hydrogen) atoms. The summed E-state index contributed by atoms with van der Waals surface area (Å²) in [6, 6.07) is 3.56. The maximum atomic E-state index is 12.1. The van der Waals surface area contributed by atoms with E-state index in [0.29, 0.717) is 30.2 Å². The molecule has 0 heterocycles. The Morgan fingerprint density at radius 2 is 1.85 bits per heavy atom. The van der Waals surface area contributed by atoms with Gasteiger partial charge in [0.15, 0.2) is 11.2 Å². The number of nitrogens with one attached hydrogen (secondary N) is 3. The molecule has 1 aromatic carbocycles. The van der Waals surface area contributed by atoms with Gasteiger partial charge in [0.05, 0.1) is 7.11 Å². The lowest BCUT2D eigenvalue weighted by molar-refractivity contribution is -0.140. The molecule has 1 amide bonds. The smallest absolute Gasteiger partial charge is 0.305 e. The Morgan fingerprint density at radius 3 is 2.42 bits per heavy atom. The molecule has 0 bridgehead atoms. The first-order valence-corrected chi connectivity index (χ1v) is 8.87. The van der Waals surface area contributed by atoms with Crippen molar-refractivity contribution >= 4 is 40.8 Å². The van der Waals surface area contributed by atoms with Crippen LogP contribution in [0.2, 0.25) is 5.02 Å². The van der Waals surface area contributed by atoms with Gasteiger partial charge in [-0.1, -0.05) is 11.6 Å². The third kappa shape index (κ3) is 7.45. The zero-order chi connectivity index (χ0) is 19.7. The fraction of sp³-hybridized carbons (Fsp3) is 0.471. The highest BCUT2D eigenvalue weighted by Crippen LogP contribution is 2.27. The monoisotopic (exact) mass is 401 g/mol. The number of carbonyl (C=O) groups excluding carboxylic acids is 2. The molecule has 0 aliphatic rings. The maximum Gasteiger partial charge on any atom is 0.305 e. The zero-order valence-electron chi connectivity index (χ0n) is 15.3. The summed E-state index contributed by atoms with van der Waals surface area (Å²) in [6.07, 6.45) is 0.128. The van der Waals surface area contributed by atoms with Gasteiger partial charge in [0.2, 0.25) is 0 Å². The lowest BCUT2D eigenvalue weighted by Gasteiger charge is -2.19. The number of thiocarbonyl (C=S) groups is 1. The summed E-state index contributed by atoms with van der Waals surface area (Å²) in [4.78, 5) is 23.1. The Hall–Kier alpha value is -2.06. The molecule has 0 fully saturated rings. The number of hydrazine groups is 1. The van der Waals surface area contributed by atoms with Crippen molar-refractivity contribution in [1.29, 1.82) is 0 Å². The van der Waals surface area contributed by atoms with E-state index in [1.165, 1.54) is 7.11 Å². The van der Waals surface area contributed by atoms with E-state index < -0.39 is 6.10 Å². The maximum absolute atomic E-state index is 12.1. The molecule has 0 radical (unpaired) electrons. The second-order valence-electron chi connectivity index (χ2n) is 5.68. The molecule has 0 aliphatic heterocycles. The van der Waals surface area contributed by atoms with Crippen LogP contribution in [0.1, 0.15) is 30.9 Å². The molecule has 0 unspecified atom stereocenters. The van der Waals surface area contributed by atoms with Gasteiger partial charge < -0.3 is 14.8 Å². The summed E-state index contributed by atoms with van der Waals surface area (Å²) in [7, 11) is 1.34.